The van der Waals surface area contributed by atoms with Crippen molar-refractivity contribution in [2.24, 2.45) is 11.8 Å². The van der Waals surface area contributed by atoms with Crippen LogP contribution < -0.4 is 5.32 Å². The molecule has 0 aliphatic heterocycles. The van der Waals surface area contributed by atoms with Crippen LogP contribution in [0.5, 0.6) is 0 Å². The second-order valence-corrected chi connectivity index (χ2v) is 6.61. The first kappa shape index (κ1) is 15.8. The van der Waals surface area contributed by atoms with Gasteiger partial charge in [-0.2, -0.15) is 5.26 Å². The van der Waals surface area contributed by atoms with Crippen molar-refractivity contribution < 1.29 is 4.74 Å². The third-order valence-corrected chi connectivity index (χ3v) is 5.15. The van der Waals surface area contributed by atoms with E-state index in [1.54, 1.807) is 0 Å². The van der Waals surface area contributed by atoms with Crippen molar-refractivity contribution in [2.75, 3.05) is 19.8 Å². The zero-order valence-electron chi connectivity index (χ0n) is 13.0. The van der Waals surface area contributed by atoms with Crippen LogP contribution in [-0.2, 0) is 4.74 Å². The van der Waals surface area contributed by atoms with E-state index in [1.165, 1.54) is 38.5 Å². The molecule has 2 unspecified atom stereocenters. The molecule has 0 saturated heterocycles. The number of nitrogens with zero attached hydrogens (tertiary/aromatic N) is 1. The van der Waals surface area contributed by atoms with Crippen LogP contribution in [0.15, 0.2) is 0 Å². The summed E-state index contributed by atoms with van der Waals surface area (Å²) in [6.45, 7) is 4.88. The Morgan fingerprint density at radius 2 is 2.05 bits per heavy atom. The third kappa shape index (κ3) is 3.96. The molecule has 3 nitrogen and oxygen atoms in total. The van der Waals surface area contributed by atoms with E-state index < -0.39 is 0 Å². The maximum absolute atomic E-state index is 9.59. The van der Waals surface area contributed by atoms with Gasteiger partial charge in [-0.05, 0) is 56.9 Å². The van der Waals surface area contributed by atoms with Crippen LogP contribution in [-0.4, -0.2) is 25.3 Å². The van der Waals surface area contributed by atoms with E-state index in [0.29, 0.717) is 5.92 Å². The van der Waals surface area contributed by atoms with Crippen LogP contribution in [0.4, 0.5) is 0 Å². The molecule has 0 aromatic rings. The second-order valence-electron chi connectivity index (χ2n) is 6.61. The summed E-state index contributed by atoms with van der Waals surface area (Å²) < 4.78 is 5.88. The van der Waals surface area contributed by atoms with Gasteiger partial charge in [0.15, 0.2) is 0 Å². The van der Waals surface area contributed by atoms with Crippen molar-refractivity contribution in [3.8, 4) is 6.07 Å². The monoisotopic (exact) mass is 278 g/mol. The molecule has 114 valence electrons. The average Bonchev–Trinajstić information content (AvgIpc) is 3.11. The van der Waals surface area contributed by atoms with Crippen molar-refractivity contribution in [3.05, 3.63) is 0 Å². The quantitative estimate of drug-likeness (QED) is 0.689. The highest BCUT2D eigenvalue weighted by molar-refractivity contribution is 5.14. The molecule has 2 atom stereocenters. The highest BCUT2D eigenvalue weighted by Crippen LogP contribution is 2.37. The van der Waals surface area contributed by atoms with Crippen molar-refractivity contribution in [1.82, 2.24) is 5.32 Å². The Bertz CT molecular complexity index is 319. The van der Waals surface area contributed by atoms with Gasteiger partial charge in [0.25, 0.3) is 0 Å². The summed E-state index contributed by atoms with van der Waals surface area (Å²) in [5.41, 5.74) is -0.271. The van der Waals surface area contributed by atoms with Crippen molar-refractivity contribution in [1.29, 1.82) is 5.26 Å². The molecule has 20 heavy (non-hydrogen) atoms. The van der Waals surface area contributed by atoms with E-state index in [1.807, 2.05) is 0 Å². The first-order chi connectivity index (χ1) is 9.80. The van der Waals surface area contributed by atoms with Gasteiger partial charge in [-0.1, -0.05) is 26.2 Å². The largest absolute Gasteiger partial charge is 0.381 e. The van der Waals surface area contributed by atoms with Gasteiger partial charge in [-0.3, -0.25) is 5.32 Å². The number of hydrogen-bond donors (Lipinski definition) is 1. The molecule has 0 radical (unpaired) electrons. The van der Waals surface area contributed by atoms with Gasteiger partial charge in [0.05, 0.1) is 6.07 Å². The summed E-state index contributed by atoms with van der Waals surface area (Å²) in [4.78, 5) is 0. The molecule has 1 N–H and O–H groups in total. The van der Waals surface area contributed by atoms with Gasteiger partial charge >= 0.3 is 0 Å². The molecule has 0 heterocycles. The Morgan fingerprint density at radius 3 is 2.75 bits per heavy atom. The van der Waals surface area contributed by atoms with Gasteiger partial charge in [0, 0.05) is 13.2 Å². The molecular formula is C17H30N2O. The molecule has 2 aliphatic carbocycles. The topological polar surface area (TPSA) is 45.0 Å². The summed E-state index contributed by atoms with van der Waals surface area (Å²) in [5, 5.41) is 13.1. The molecule has 0 spiro atoms. The SMILES string of the molecule is CCCNC1(C#N)CCCC1CCOCC1CCCC1. The standard InChI is InChI=1S/C17H30N2O/c1-2-11-19-17(14-18)10-5-8-16(17)9-12-20-13-15-6-3-4-7-15/h15-16,19H,2-13H2,1H3. The number of nitrogens with one attached hydrogen (secondary N) is 1. The number of ether oxygens (including phenoxy) is 1. The van der Waals surface area contributed by atoms with Gasteiger partial charge < -0.3 is 4.74 Å². The van der Waals surface area contributed by atoms with Crippen molar-refractivity contribution >= 4 is 0 Å². The zero-order chi connectivity index (χ0) is 14.3. The second kappa shape index (κ2) is 8.00. The van der Waals surface area contributed by atoms with Crippen LogP contribution in [0.1, 0.15) is 64.7 Å². The zero-order valence-corrected chi connectivity index (χ0v) is 13.0. The number of hydrogen-bond acceptors (Lipinski definition) is 3. The van der Waals surface area contributed by atoms with E-state index in [4.69, 9.17) is 4.74 Å². The van der Waals surface area contributed by atoms with Gasteiger partial charge in [-0.25, -0.2) is 0 Å². The highest BCUT2D eigenvalue weighted by Gasteiger charge is 2.42. The van der Waals surface area contributed by atoms with E-state index in [9.17, 15) is 5.26 Å². The lowest BCUT2D eigenvalue weighted by molar-refractivity contribution is 0.0842. The van der Waals surface area contributed by atoms with Crippen LogP contribution in [0.2, 0.25) is 0 Å². The Morgan fingerprint density at radius 1 is 1.25 bits per heavy atom. The van der Waals surface area contributed by atoms with E-state index in [0.717, 1.165) is 44.9 Å². The molecule has 0 amide bonds. The van der Waals surface area contributed by atoms with E-state index in [2.05, 4.69) is 18.3 Å². The fourth-order valence-electron chi connectivity index (χ4n) is 3.89. The summed E-state index contributed by atoms with van der Waals surface area (Å²) in [6.07, 6.45) is 11.0. The molecule has 0 aromatic heterocycles. The molecule has 0 bridgehead atoms. The van der Waals surface area contributed by atoms with Gasteiger partial charge in [0.1, 0.15) is 5.54 Å². The number of nitriles is 1. The first-order valence-corrected chi connectivity index (χ1v) is 8.55. The highest BCUT2D eigenvalue weighted by atomic mass is 16.5. The lowest BCUT2D eigenvalue weighted by Crippen LogP contribution is -2.47. The Kier molecular flexibility index (Phi) is 6.32. The molecule has 0 aromatic carbocycles. The fraction of sp³-hybridized carbons (Fsp3) is 0.941. The summed E-state index contributed by atoms with van der Waals surface area (Å²) in [5.74, 6) is 1.28. The van der Waals surface area contributed by atoms with Gasteiger partial charge in [0.2, 0.25) is 0 Å². The molecule has 2 saturated carbocycles. The average molecular weight is 278 g/mol. The van der Waals surface area contributed by atoms with Crippen LogP contribution in [0.25, 0.3) is 0 Å². The lowest BCUT2D eigenvalue weighted by Gasteiger charge is -2.30. The minimum absolute atomic E-state index is 0.271. The smallest absolute Gasteiger partial charge is 0.109 e. The van der Waals surface area contributed by atoms with Gasteiger partial charge in [-0.15, -0.1) is 0 Å². The molecule has 2 rings (SSSR count). The minimum atomic E-state index is -0.271. The molecule has 2 fully saturated rings. The van der Waals surface area contributed by atoms with E-state index in [-0.39, 0.29) is 5.54 Å². The minimum Gasteiger partial charge on any atom is -0.381 e. The Labute approximate surface area is 124 Å². The fourth-order valence-corrected chi connectivity index (χ4v) is 3.89. The first-order valence-electron chi connectivity index (χ1n) is 8.55. The summed E-state index contributed by atoms with van der Waals surface area (Å²) in [7, 11) is 0. The Hall–Kier alpha value is -0.590. The van der Waals surface area contributed by atoms with Crippen LogP contribution >= 0.6 is 0 Å². The summed E-state index contributed by atoms with van der Waals surface area (Å²) >= 11 is 0. The molecule has 3 heteroatoms. The molecular weight excluding hydrogens is 248 g/mol. The lowest BCUT2D eigenvalue weighted by atomic mass is 9.86. The van der Waals surface area contributed by atoms with E-state index >= 15 is 0 Å². The van der Waals surface area contributed by atoms with Crippen LogP contribution in [0, 0.1) is 23.2 Å². The maximum Gasteiger partial charge on any atom is 0.109 e. The summed E-state index contributed by atoms with van der Waals surface area (Å²) in [6, 6.07) is 2.58. The van der Waals surface area contributed by atoms with Crippen LogP contribution in [0.3, 0.4) is 0 Å². The predicted molar refractivity (Wildman–Crippen MR) is 81.4 cm³/mol. The maximum atomic E-state index is 9.59. The van der Waals surface area contributed by atoms with Crippen molar-refractivity contribution in [3.63, 3.8) is 0 Å². The number of rotatable bonds is 8. The normalized spacial score (nSPS) is 30.7. The third-order valence-electron chi connectivity index (χ3n) is 5.15. The predicted octanol–water partition coefficient (Wildman–Crippen LogP) is 3.65. The van der Waals surface area contributed by atoms with Crippen molar-refractivity contribution in [2.45, 2.75) is 70.3 Å². The Balaban J connectivity index is 1.71. The molecule has 2 aliphatic rings.